The van der Waals surface area contributed by atoms with Gasteiger partial charge in [0.05, 0.1) is 6.10 Å². The molecule has 1 aromatic carbocycles. The van der Waals surface area contributed by atoms with Crippen LogP contribution in [0.3, 0.4) is 0 Å². The van der Waals surface area contributed by atoms with Gasteiger partial charge in [0.15, 0.2) is 0 Å². The molecule has 1 nitrogen and oxygen atoms in total. The maximum Gasteiger partial charge on any atom is 0.123 e. The number of halogens is 2. The predicted octanol–water partition coefficient (Wildman–Crippen LogP) is 4.02. The molecular weight excluding hydrogens is 251 g/mol. The van der Waals surface area contributed by atoms with Gasteiger partial charge in [-0.25, -0.2) is 0 Å². The Morgan fingerprint density at radius 3 is 2.69 bits per heavy atom. The first-order valence-electron chi connectivity index (χ1n) is 4.14. The van der Waals surface area contributed by atoms with Crippen LogP contribution in [0, 0.1) is 0 Å². The fraction of sp³-hybridized carbons (Fsp3) is 0.400. The summed E-state index contributed by atoms with van der Waals surface area (Å²) < 4.78 is 5.60. The average Bonchev–Trinajstić information content (AvgIpc) is 2.07. The molecule has 0 N–H and O–H groups in total. The first kappa shape index (κ1) is 10.9. The van der Waals surface area contributed by atoms with Crippen LogP contribution in [0.1, 0.15) is 19.4 Å². The highest BCUT2D eigenvalue weighted by molar-refractivity contribution is 9.08. The lowest BCUT2D eigenvalue weighted by atomic mass is 10.2. The molecule has 0 aromatic heterocycles. The van der Waals surface area contributed by atoms with Crippen molar-refractivity contribution in [2.75, 3.05) is 0 Å². The maximum absolute atomic E-state index is 5.86. The summed E-state index contributed by atoms with van der Waals surface area (Å²) in [6, 6.07) is 5.65. The molecule has 0 aliphatic rings. The van der Waals surface area contributed by atoms with Gasteiger partial charge in [-0.3, -0.25) is 0 Å². The van der Waals surface area contributed by atoms with E-state index in [0.717, 1.165) is 21.7 Å². The first-order valence-corrected chi connectivity index (χ1v) is 5.64. The molecule has 0 aliphatic heterocycles. The van der Waals surface area contributed by atoms with Crippen LogP contribution in [0.2, 0.25) is 5.02 Å². The smallest absolute Gasteiger partial charge is 0.123 e. The van der Waals surface area contributed by atoms with E-state index in [1.54, 1.807) is 0 Å². The first-order chi connectivity index (χ1) is 6.13. The second-order valence-corrected chi connectivity index (χ2v) is 4.05. The Labute approximate surface area is 92.2 Å². The molecule has 0 unspecified atom stereocenters. The summed E-state index contributed by atoms with van der Waals surface area (Å²) in [5.41, 5.74) is 1.08. The third kappa shape index (κ3) is 3.20. The Hall–Kier alpha value is -0.210. The minimum absolute atomic E-state index is 0.193. The van der Waals surface area contributed by atoms with Gasteiger partial charge in [-0.05, 0) is 32.0 Å². The van der Waals surface area contributed by atoms with E-state index in [-0.39, 0.29) is 6.10 Å². The Morgan fingerprint density at radius 1 is 1.46 bits per heavy atom. The minimum Gasteiger partial charge on any atom is -0.491 e. The molecule has 0 saturated heterocycles. The van der Waals surface area contributed by atoms with Crippen LogP contribution >= 0.6 is 27.5 Å². The van der Waals surface area contributed by atoms with E-state index in [1.165, 1.54) is 0 Å². The van der Waals surface area contributed by atoms with E-state index >= 15 is 0 Å². The Balaban J connectivity index is 2.92. The molecule has 1 rings (SSSR count). The fourth-order valence-electron chi connectivity index (χ4n) is 1.02. The van der Waals surface area contributed by atoms with Crippen LogP contribution in [-0.4, -0.2) is 6.10 Å². The summed E-state index contributed by atoms with van der Waals surface area (Å²) in [4.78, 5) is 0. The highest BCUT2D eigenvalue weighted by Crippen LogP contribution is 2.25. The molecule has 0 saturated carbocycles. The summed E-state index contributed by atoms with van der Waals surface area (Å²) >= 11 is 9.25. The summed E-state index contributed by atoms with van der Waals surface area (Å²) in [6.45, 7) is 4.01. The van der Waals surface area contributed by atoms with E-state index in [4.69, 9.17) is 16.3 Å². The van der Waals surface area contributed by atoms with Crippen LogP contribution in [-0.2, 0) is 5.33 Å². The van der Waals surface area contributed by atoms with Gasteiger partial charge in [-0.2, -0.15) is 0 Å². The van der Waals surface area contributed by atoms with Gasteiger partial charge in [-0.1, -0.05) is 27.5 Å². The molecule has 0 atom stereocenters. The standard InChI is InChI=1S/C10H12BrClO/c1-7(2)13-10-4-3-9(12)5-8(10)6-11/h3-5,7H,6H2,1-2H3. The summed E-state index contributed by atoms with van der Waals surface area (Å²) in [7, 11) is 0. The summed E-state index contributed by atoms with van der Waals surface area (Å²) in [6.07, 6.45) is 0.193. The van der Waals surface area contributed by atoms with Gasteiger partial charge in [0.2, 0.25) is 0 Å². The van der Waals surface area contributed by atoms with E-state index < -0.39 is 0 Å². The molecule has 0 heterocycles. The van der Waals surface area contributed by atoms with Crippen molar-refractivity contribution in [3.8, 4) is 5.75 Å². The van der Waals surface area contributed by atoms with Gasteiger partial charge in [0, 0.05) is 15.9 Å². The van der Waals surface area contributed by atoms with E-state index in [0.29, 0.717) is 0 Å². The lowest BCUT2D eigenvalue weighted by molar-refractivity contribution is 0.240. The zero-order valence-electron chi connectivity index (χ0n) is 7.68. The third-order valence-electron chi connectivity index (χ3n) is 1.53. The van der Waals surface area contributed by atoms with E-state index in [1.807, 2.05) is 32.0 Å². The molecule has 0 radical (unpaired) electrons. The molecule has 3 heteroatoms. The summed E-state index contributed by atoms with van der Waals surface area (Å²) in [5, 5.41) is 1.50. The number of ether oxygens (including phenoxy) is 1. The lowest BCUT2D eigenvalue weighted by Crippen LogP contribution is -2.06. The van der Waals surface area contributed by atoms with Crippen molar-refractivity contribution in [1.29, 1.82) is 0 Å². The second kappa shape index (κ2) is 4.87. The van der Waals surface area contributed by atoms with Crippen molar-refractivity contribution in [3.63, 3.8) is 0 Å². The molecule has 13 heavy (non-hydrogen) atoms. The number of rotatable bonds is 3. The summed E-state index contributed by atoms with van der Waals surface area (Å²) in [5.74, 6) is 0.899. The van der Waals surface area contributed by atoms with Crippen LogP contribution < -0.4 is 4.74 Å². The zero-order valence-corrected chi connectivity index (χ0v) is 10.0. The van der Waals surface area contributed by atoms with E-state index in [2.05, 4.69) is 15.9 Å². The maximum atomic E-state index is 5.86. The van der Waals surface area contributed by atoms with Crippen molar-refractivity contribution < 1.29 is 4.74 Å². The number of hydrogen-bond acceptors (Lipinski definition) is 1. The van der Waals surface area contributed by atoms with Crippen molar-refractivity contribution in [1.82, 2.24) is 0 Å². The van der Waals surface area contributed by atoms with Crippen LogP contribution in [0.25, 0.3) is 0 Å². The Bertz CT molecular complexity index is 286. The largest absolute Gasteiger partial charge is 0.491 e. The molecule has 72 valence electrons. The van der Waals surface area contributed by atoms with Gasteiger partial charge in [0.1, 0.15) is 5.75 Å². The van der Waals surface area contributed by atoms with Gasteiger partial charge in [0.25, 0.3) is 0 Å². The van der Waals surface area contributed by atoms with Crippen LogP contribution in [0.5, 0.6) is 5.75 Å². The van der Waals surface area contributed by atoms with Crippen molar-refractivity contribution in [2.45, 2.75) is 25.3 Å². The van der Waals surface area contributed by atoms with Gasteiger partial charge < -0.3 is 4.74 Å². The quantitative estimate of drug-likeness (QED) is 0.748. The van der Waals surface area contributed by atoms with Crippen molar-refractivity contribution in [2.24, 2.45) is 0 Å². The molecule has 0 spiro atoms. The second-order valence-electron chi connectivity index (χ2n) is 3.05. The zero-order chi connectivity index (χ0) is 9.84. The average molecular weight is 264 g/mol. The molecule has 0 aliphatic carbocycles. The van der Waals surface area contributed by atoms with Gasteiger partial charge >= 0.3 is 0 Å². The lowest BCUT2D eigenvalue weighted by Gasteiger charge is -2.12. The fourth-order valence-corrected chi connectivity index (χ4v) is 1.65. The monoisotopic (exact) mass is 262 g/mol. The van der Waals surface area contributed by atoms with Gasteiger partial charge in [-0.15, -0.1) is 0 Å². The number of hydrogen-bond donors (Lipinski definition) is 0. The van der Waals surface area contributed by atoms with Crippen LogP contribution in [0.4, 0.5) is 0 Å². The normalized spacial score (nSPS) is 10.5. The SMILES string of the molecule is CC(C)Oc1ccc(Cl)cc1CBr. The topological polar surface area (TPSA) is 9.23 Å². The van der Waals surface area contributed by atoms with Crippen LogP contribution in [0.15, 0.2) is 18.2 Å². The van der Waals surface area contributed by atoms with Crippen molar-refractivity contribution in [3.05, 3.63) is 28.8 Å². The molecular formula is C10H12BrClO. The third-order valence-corrected chi connectivity index (χ3v) is 2.37. The molecule has 0 bridgehead atoms. The molecule has 0 fully saturated rings. The van der Waals surface area contributed by atoms with Crippen molar-refractivity contribution >= 4 is 27.5 Å². The molecule has 0 amide bonds. The number of alkyl halides is 1. The minimum atomic E-state index is 0.193. The highest BCUT2D eigenvalue weighted by Gasteiger charge is 2.04. The van der Waals surface area contributed by atoms with E-state index in [9.17, 15) is 0 Å². The molecule has 1 aromatic rings. The Kier molecular flexibility index (Phi) is 4.07. The predicted molar refractivity (Wildman–Crippen MR) is 59.8 cm³/mol. The highest BCUT2D eigenvalue weighted by atomic mass is 79.9. The number of benzene rings is 1. The Morgan fingerprint density at radius 2 is 2.15 bits per heavy atom.